The smallest absolute Gasteiger partial charge is 0.308 e. The molecular weight excluding hydrogens is 346 g/mol. The van der Waals surface area contributed by atoms with Gasteiger partial charge in [0, 0.05) is 19.0 Å². The third kappa shape index (κ3) is 3.57. The molecule has 2 aromatic carbocycles. The predicted molar refractivity (Wildman–Crippen MR) is 101 cm³/mol. The lowest BCUT2D eigenvalue weighted by Gasteiger charge is -2.20. The van der Waals surface area contributed by atoms with E-state index in [9.17, 15) is 14.4 Å². The van der Waals surface area contributed by atoms with E-state index in [0.717, 1.165) is 0 Å². The van der Waals surface area contributed by atoms with Crippen molar-refractivity contribution in [3.63, 3.8) is 0 Å². The van der Waals surface area contributed by atoms with E-state index in [4.69, 9.17) is 5.11 Å². The normalized spacial score (nSPS) is 11.9. The minimum atomic E-state index is -0.985. The van der Waals surface area contributed by atoms with Gasteiger partial charge < -0.3 is 10.0 Å². The van der Waals surface area contributed by atoms with Gasteiger partial charge in [-0.3, -0.25) is 14.4 Å². The molecule has 0 saturated carbocycles. The van der Waals surface area contributed by atoms with E-state index in [1.54, 1.807) is 48.5 Å². The molecule has 0 spiro atoms. The largest absolute Gasteiger partial charge is 0.481 e. The maximum Gasteiger partial charge on any atom is 0.308 e. The Morgan fingerprint density at radius 3 is 2.30 bits per heavy atom. The number of hydrogen-bond acceptors (Lipinski definition) is 4. The first-order valence-electron chi connectivity index (χ1n) is 8.46. The SMILES string of the molecule is CC(CN(C)C(=O)c1nn(-c2ccccc2)c(=O)c2ccccc12)C(=O)O. The fourth-order valence-corrected chi connectivity index (χ4v) is 2.84. The molecule has 0 aliphatic rings. The summed E-state index contributed by atoms with van der Waals surface area (Å²) in [6.07, 6.45) is 0. The topological polar surface area (TPSA) is 92.5 Å². The zero-order valence-electron chi connectivity index (χ0n) is 15.0. The molecule has 1 atom stereocenters. The van der Waals surface area contributed by atoms with Gasteiger partial charge in [-0.25, -0.2) is 0 Å². The fraction of sp³-hybridized carbons (Fsp3) is 0.200. The molecule has 0 aliphatic carbocycles. The second-order valence-corrected chi connectivity index (χ2v) is 6.37. The summed E-state index contributed by atoms with van der Waals surface area (Å²) in [5.74, 6) is -2.14. The van der Waals surface area contributed by atoms with Crippen LogP contribution >= 0.6 is 0 Å². The minimum Gasteiger partial charge on any atom is -0.481 e. The lowest BCUT2D eigenvalue weighted by molar-refractivity contribution is -0.141. The van der Waals surface area contributed by atoms with Crippen molar-refractivity contribution >= 4 is 22.6 Å². The Bertz CT molecular complexity index is 1060. The number of amides is 1. The molecule has 1 unspecified atom stereocenters. The van der Waals surface area contributed by atoms with Crippen LogP contribution in [-0.4, -0.2) is 45.3 Å². The summed E-state index contributed by atoms with van der Waals surface area (Å²) in [5.41, 5.74) is 0.327. The van der Waals surface area contributed by atoms with Crippen molar-refractivity contribution in [1.29, 1.82) is 0 Å². The van der Waals surface area contributed by atoms with Crippen LogP contribution in [0.1, 0.15) is 17.4 Å². The summed E-state index contributed by atoms with van der Waals surface area (Å²) in [6, 6.07) is 15.6. The zero-order valence-corrected chi connectivity index (χ0v) is 15.0. The van der Waals surface area contributed by atoms with Crippen molar-refractivity contribution < 1.29 is 14.7 Å². The number of rotatable bonds is 5. The third-order valence-corrected chi connectivity index (χ3v) is 4.32. The zero-order chi connectivity index (χ0) is 19.6. The van der Waals surface area contributed by atoms with Crippen molar-refractivity contribution in [2.24, 2.45) is 5.92 Å². The van der Waals surface area contributed by atoms with Crippen molar-refractivity contribution in [3.05, 3.63) is 70.6 Å². The fourth-order valence-electron chi connectivity index (χ4n) is 2.84. The molecule has 0 radical (unpaired) electrons. The number of para-hydroxylation sites is 1. The third-order valence-electron chi connectivity index (χ3n) is 4.32. The van der Waals surface area contributed by atoms with Gasteiger partial charge >= 0.3 is 5.97 Å². The first kappa shape index (κ1) is 18.3. The molecule has 0 saturated heterocycles. The molecule has 7 heteroatoms. The number of carbonyl (C=O) groups is 2. The molecule has 27 heavy (non-hydrogen) atoms. The van der Waals surface area contributed by atoms with Crippen LogP contribution in [0, 0.1) is 5.92 Å². The molecule has 3 aromatic rings. The summed E-state index contributed by atoms with van der Waals surface area (Å²) < 4.78 is 1.20. The van der Waals surface area contributed by atoms with E-state index in [-0.39, 0.29) is 17.8 Å². The Hall–Kier alpha value is -3.48. The molecule has 7 nitrogen and oxygen atoms in total. The summed E-state index contributed by atoms with van der Waals surface area (Å²) in [6.45, 7) is 1.57. The van der Waals surface area contributed by atoms with Gasteiger partial charge in [-0.1, -0.05) is 43.3 Å². The van der Waals surface area contributed by atoms with Crippen LogP contribution in [0.3, 0.4) is 0 Å². The van der Waals surface area contributed by atoms with Gasteiger partial charge in [0.15, 0.2) is 5.69 Å². The van der Waals surface area contributed by atoms with Crippen molar-refractivity contribution in [3.8, 4) is 5.69 Å². The molecule has 0 fully saturated rings. The highest BCUT2D eigenvalue weighted by Gasteiger charge is 2.23. The molecule has 0 aliphatic heterocycles. The highest BCUT2D eigenvalue weighted by Crippen LogP contribution is 2.17. The van der Waals surface area contributed by atoms with Gasteiger partial charge in [-0.2, -0.15) is 9.78 Å². The van der Waals surface area contributed by atoms with E-state index in [1.165, 1.54) is 23.6 Å². The van der Waals surface area contributed by atoms with Crippen molar-refractivity contribution in [1.82, 2.24) is 14.7 Å². The van der Waals surface area contributed by atoms with Crippen molar-refractivity contribution in [2.45, 2.75) is 6.92 Å². The molecule has 1 amide bonds. The number of hydrogen-bond donors (Lipinski definition) is 1. The molecule has 0 bridgehead atoms. The Balaban J connectivity index is 2.15. The number of nitrogens with zero attached hydrogens (tertiary/aromatic N) is 3. The first-order valence-corrected chi connectivity index (χ1v) is 8.46. The maximum atomic E-state index is 13.0. The molecule has 1 heterocycles. The summed E-state index contributed by atoms with van der Waals surface area (Å²) in [5, 5.41) is 14.2. The van der Waals surface area contributed by atoms with Gasteiger partial charge in [0.2, 0.25) is 0 Å². The van der Waals surface area contributed by atoms with E-state index < -0.39 is 17.8 Å². The minimum absolute atomic E-state index is 0.0363. The highest BCUT2D eigenvalue weighted by molar-refractivity contribution is 6.04. The lowest BCUT2D eigenvalue weighted by atomic mass is 10.1. The van der Waals surface area contributed by atoms with Crippen LogP contribution in [0.4, 0.5) is 0 Å². The molecule has 3 rings (SSSR count). The van der Waals surface area contributed by atoms with Gasteiger partial charge in [-0.05, 0) is 18.2 Å². The number of carboxylic acid groups (broad SMARTS) is 1. The van der Waals surface area contributed by atoms with E-state index >= 15 is 0 Å². The standard InChI is InChI=1S/C20H19N3O4/c1-13(20(26)27)12-22(2)19(25)17-15-10-6-7-11-16(15)18(24)23(21-17)14-8-4-3-5-9-14/h3-11,13H,12H2,1-2H3,(H,26,27). The predicted octanol–water partition coefficient (Wildman–Crippen LogP) is 2.18. The quantitative estimate of drug-likeness (QED) is 0.748. The maximum absolute atomic E-state index is 13.0. The molecule has 1 N–H and O–H groups in total. The Morgan fingerprint density at radius 1 is 1.07 bits per heavy atom. The van der Waals surface area contributed by atoms with Gasteiger partial charge in [-0.15, -0.1) is 0 Å². The molecule has 1 aromatic heterocycles. The number of benzene rings is 2. The number of carboxylic acids is 1. The van der Waals surface area contributed by atoms with Crippen LogP contribution in [0.2, 0.25) is 0 Å². The number of fused-ring (bicyclic) bond motifs is 1. The van der Waals surface area contributed by atoms with Gasteiger partial charge in [0.25, 0.3) is 11.5 Å². The van der Waals surface area contributed by atoms with E-state index in [2.05, 4.69) is 5.10 Å². The number of carbonyl (C=O) groups excluding carboxylic acids is 1. The molecule has 138 valence electrons. The number of aliphatic carboxylic acids is 1. The monoisotopic (exact) mass is 365 g/mol. The van der Waals surface area contributed by atoms with Gasteiger partial charge in [0.05, 0.1) is 17.0 Å². The summed E-state index contributed by atoms with van der Waals surface area (Å²) in [7, 11) is 1.52. The Kier molecular flexibility index (Phi) is 5.03. The molecular formula is C20H19N3O4. The second-order valence-electron chi connectivity index (χ2n) is 6.37. The van der Waals surface area contributed by atoms with Crippen LogP contribution in [0.15, 0.2) is 59.4 Å². The highest BCUT2D eigenvalue weighted by atomic mass is 16.4. The van der Waals surface area contributed by atoms with Gasteiger partial charge in [0.1, 0.15) is 0 Å². The summed E-state index contributed by atoms with van der Waals surface area (Å²) >= 11 is 0. The lowest BCUT2D eigenvalue weighted by Crippen LogP contribution is -2.35. The summed E-state index contributed by atoms with van der Waals surface area (Å²) in [4.78, 5) is 38.2. The van der Waals surface area contributed by atoms with Crippen LogP contribution in [0.5, 0.6) is 0 Å². The van der Waals surface area contributed by atoms with Crippen LogP contribution in [0.25, 0.3) is 16.5 Å². The first-order chi connectivity index (χ1) is 12.9. The van der Waals surface area contributed by atoms with Crippen molar-refractivity contribution in [2.75, 3.05) is 13.6 Å². The number of aromatic nitrogens is 2. The average Bonchev–Trinajstić information content (AvgIpc) is 2.68. The Morgan fingerprint density at radius 2 is 1.67 bits per heavy atom. The van der Waals surface area contributed by atoms with E-state index in [1.807, 2.05) is 6.07 Å². The van der Waals surface area contributed by atoms with Crippen LogP contribution < -0.4 is 5.56 Å². The Labute approximate surface area is 155 Å². The second kappa shape index (κ2) is 7.41. The van der Waals surface area contributed by atoms with E-state index in [0.29, 0.717) is 16.5 Å². The van der Waals surface area contributed by atoms with Crippen LogP contribution in [-0.2, 0) is 4.79 Å². The average molecular weight is 365 g/mol.